The van der Waals surface area contributed by atoms with Crippen molar-refractivity contribution < 1.29 is 18.3 Å². The van der Waals surface area contributed by atoms with Crippen LogP contribution in [0.25, 0.3) is 0 Å². The molecule has 0 atom stereocenters. The van der Waals surface area contributed by atoms with Crippen LogP contribution in [0.4, 0.5) is 8.78 Å². The fourth-order valence-electron chi connectivity index (χ4n) is 2.23. The molecule has 1 aromatic carbocycles. The van der Waals surface area contributed by atoms with Crippen LogP contribution < -0.4 is 4.74 Å². The van der Waals surface area contributed by atoms with Crippen LogP contribution in [-0.2, 0) is 4.79 Å². The highest BCUT2D eigenvalue weighted by molar-refractivity contribution is 6.32. The number of rotatable bonds is 6. The molecular formula is C19H15Cl2F2N3O2. The van der Waals surface area contributed by atoms with E-state index in [4.69, 9.17) is 33.3 Å². The summed E-state index contributed by atoms with van der Waals surface area (Å²) in [4.78, 5) is 11.6. The number of benzene rings is 1. The molecule has 28 heavy (non-hydrogen) atoms. The topological polar surface area (TPSA) is 65.8 Å². The average molecular weight is 426 g/mol. The summed E-state index contributed by atoms with van der Waals surface area (Å²) in [5.41, 5.74) is 1.05. The number of carbonyl (C=O) groups is 1. The molecule has 0 unspecified atom stereocenters. The van der Waals surface area contributed by atoms with Gasteiger partial charge in [-0.25, -0.2) is 13.8 Å². The van der Waals surface area contributed by atoms with Crippen molar-refractivity contribution in [2.45, 2.75) is 6.92 Å². The van der Waals surface area contributed by atoms with Gasteiger partial charge in [0.2, 0.25) is 5.90 Å². The van der Waals surface area contributed by atoms with Crippen LogP contribution >= 0.6 is 23.2 Å². The van der Waals surface area contributed by atoms with Gasteiger partial charge in [0.15, 0.2) is 17.9 Å². The maximum Gasteiger partial charge on any atom is 0.237 e. The van der Waals surface area contributed by atoms with E-state index in [0.717, 1.165) is 23.5 Å². The molecule has 1 aliphatic heterocycles. The average Bonchev–Trinajstić information content (AvgIpc) is 2.65. The van der Waals surface area contributed by atoms with Gasteiger partial charge in [0, 0.05) is 28.6 Å². The summed E-state index contributed by atoms with van der Waals surface area (Å²) in [6, 6.07) is 2.84. The van der Waals surface area contributed by atoms with E-state index in [2.05, 4.69) is 5.10 Å². The third kappa shape index (κ3) is 5.37. The van der Waals surface area contributed by atoms with Crippen LogP contribution in [0.15, 0.2) is 69.5 Å². The molecule has 0 amide bonds. The molecule has 0 bridgehead atoms. The van der Waals surface area contributed by atoms with Crippen LogP contribution in [-0.4, -0.2) is 29.4 Å². The molecule has 0 aliphatic carbocycles. The summed E-state index contributed by atoms with van der Waals surface area (Å²) in [6.45, 7) is 1.67. The van der Waals surface area contributed by atoms with E-state index in [0.29, 0.717) is 28.7 Å². The number of ether oxygens (including phenoxy) is 1. The second kappa shape index (κ2) is 9.96. The standard InChI is InChI=1S/C19H15Cl2F2N3O2/c1-12(8-13(21)6-7-20)15(10-27)17-3-5-19(25-26(17)11-24)28-18-4-2-14(22)9-16(18)23/h2-6,8-11,24H,7H2,1H3/b12-8+,13-6+,17-15+,24-11?. The second-order valence-corrected chi connectivity index (χ2v) is 6.15. The number of aldehydes is 1. The number of halogens is 4. The Labute approximate surface area is 170 Å². The van der Waals surface area contributed by atoms with Gasteiger partial charge >= 0.3 is 0 Å². The summed E-state index contributed by atoms with van der Waals surface area (Å²) in [6.07, 6.45) is 7.45. The van der Waals surface area contributed by atoms with Gasteiger partial charge in [0.25, 0.3) is 0 Å². The molecule has 1 aliphatic rings. The van der Waals surface area contributed by atoms with Gasteiger partial charge in [-0.15, -0.1) is 16.7 Å². The van der Waals surface area contributed by atoms with E-state index >= 15 is 0 Å². The Morgan fingerprint density at radius 1 is 1.36 bits per heavy atom. The van der Waals surface area contributed by atoms with Crippen molar-refractivity contribution in [1.82, 2.24) is 5.01 Å². The maximum absolute atomic E-state index is 13.7. The lowest BCUT2D eigenvalue weighted by Crippen LogP contribution is -2.24. The Morgan fingerprint density at radius 2 is 2.11 bits per heavy atom. The van der Waals surface area contributed by atoms with Crippen molar-refractivity contribution in [3.63, 3.8) is 0 Å². The van der Waals surface area contributed by atoms with Gasteiger partial charge < -0.3 is 4.74 Å². The Kier molecular flexibility index (Phi) is 7.66. The van der Waals surface area contributed by atoms with Crippen molar-refractivity contribution in [3.8, 4) is 5.75 Å². The highest BCUT2D eigenvalue weighted by Gasteiger charge is 2.18. The molecule has 1 heterocycles. The van der Waals surface area contributed by atoms with E-state index in [9.17, 15) is 13.6 Å². The predicted molar refractivity (Wildman–Crippen MR) is 106 cm³/mol. The number of allylic oxidation sites excluding steroid dienone is 6. The minimum atomic E-state index is -0.896. The van der Waals surface area contributed by atoms with Crippen LogP contribution in [0.2, 0.25) is 0 Å². The first-order chi connectivity index (χ1) is 13.4. The highest BCUT2D eigenvalue weighted by atomic mass is 35.5. The predicted octanol–water partition coefficient (Wildman–Crippen LogP) is 4.90. The monoisotopic (exact) mass is 425 g/mol. The zero-order valence-electron chi connectivity index (χ0n) is 14.6. The first-order valence-corrected chi connectivity index (χ1v) is 8.80. The molecule has 0 fully saturated rings. The molecule has 0 saturated heterocycles. The zero-order valence-corrected chi connectivity index (χ0v) is 16.1. The van der Waals surface area contributed by atoms with Crippen molar-refractivity contribution >= 4 is 41.7 Å². The molecule has 9 heteroatoms. The number of carbonyl (C=O) groups excluding carboxylic acids is 1. The lowest BCUT2D eigenvalue weighted by atomic mass is 10.0. The van der Waals surface area contributed by atoms with Crippen LogP contribution in [0, 0.1) is 17.0 Å². The van der Waals surface area contributed by atoms with E-state index in [1.165, 1.54) is 12.2 Å². The van der Waals surface area contributed by atoms with E-state index < -0.39 is 11.6 Å². The van der Waals surface area contributed by atoms with Crippen molar-refractivity contribution in [3.05, 3.63) is 76.0 Å². The van der Waals surface area contributed by atoms with Gasteiger partial charge in [0.1, 0.15) is 12.2 Å². The first-order valence-electron chi connectivity index (χ1n) is 7.88. The molecule has 1 N–H and O–H groups in total. The fraction of sp³-hybridized carbons (Fsp3) is 0.105. The third-order valence-corrected chi connectivity index (χ3v) is 3.93. The summed E-state index contributed by atoms with van der Waals surface area (Å²) < 4.78 is 32.0. The highest BCUT2D eigenvalue weighted by Crippen LogP contribution is 2.24. The molecule has 1 aromatic rings. The minimum Gasteiger partial charge on any atom is -0.434 e. The van der Waals surface area contributed by atoms with Crippen LogP contribution in [0.3, 0.4) is 0 Å². The van der Waals surface area contributed by atoms with E-state index in [1.807, 2.05) is 0 Å². The van der Waals surface area contributed by atoms with Gasteiger partial charge in [-0.3, -0.25) is 10.2 Å². The molecule has 0 aromatic heterocycles. The summed E-state index contributed by atoms with van der Waals surface area (Å²) in [5, 5.41) is 13.0. The number of nitrogens with one attached hydrogen (secondary N) is 1. The lowest BCUT2D eigenvalue weighted by molar-refractivity contribution is -0.104. The zero-order chi connectivity index (χ0) is 20.7. The van der Waals surface area contributed by atoms with E-state index in [-0.39, 0.29) is 23.1 Å². The normalized spacial score (nSPS) is 16.6. The Balaban J connectivity index is 2.35. The van der Waals surface area contributed by atoms with Crippen LogP contribution in [0.1, 0.15) is 6.92 Å². The lowest BCUT2D eigenvalue weighted by Gasteiger charge is -2.21. The summed E-state index contributed by atoms with van der Waals surface area (Å²) in [5.74, 6) is -1.70. The summed E-state index contributed by atoms with van der Waals surface area (Å²) in [7, 11) is 0. The number of nitrogens with zero attached hydrogens (tertiary/aromatic N) is 2. The van der Waals surface area contributed by atoms with E-state index in [1.54, 1.807) is 19.1 Å². The van der Waals surface area contributed by atoms with Crippen LogP contribution in [0.5, 0.6) is 5.75 Å². The molecule has 146 valence electrons. The number of alkyl halides is 1. The second-order valence-electron chi connectivity index (χ2n) is 5.41. The summed E-state index contributed by atoms with van der Waals surface area (Å²) >= 11 is 11.6. The molecule has 0 radical (unpaired) electrons. The van der Waals surface area contributed by atoms with Gasteiger partial charge in [-0.1, -0.05) is 17.7 Å². The molecular weight excluding hydrogens is 411 g/mol. The van der Waals surface area contributed by atoms with Gasteiger partial charge in [-0.2, -0.15) is 0 Å². The third-order valence-electron chi connectivity index (χ3n) is 3.51. The number of hydrazone groups is 1. The molecule has 0 spiro atoms. The quantitative estimate of drug-likeness (QED) is 0.176. The van der Waals surface area contributed by atoms with Gasteiger partial charge in [0.05, 0.1) is 5.70 Å². The Morgan fingerprint density at radius 3 is 2.71 bits per heavy atom. The number of hydrogen-bond acceptors (Lipinski definition) is 4. The van der Waals surface area contributed by atoms with Crippen molar-refractivity contribution in [2.24, 2.45) is 5.10 Å². The van der Waals surface area contributed by atoms with Gasteiger partial charge in [-0.05, 0) is 36.8 Å². The largest absolute Gasteiger partial charge is 0.434 e. The minimum absolute atomic E-state index is 0.0512. The maximum atomic E-state index is 13.7. The molecule has 2 rings (SSSR count). The fourth-order valence-corrected chi connectivity index (χ4v) is 2.72. The molecule has 5 nitrogen and oxygen atoms in total. The van der Waals surface area contributed by atoms with Crippen molar-refractivity contribution in [2.75, 3.05) is 5.88 Å². The number of hydrogen-bond donors (Lipinski definition) is 1. The SMILES string of the molecule is CC(=C\C(Cl)=C/CCl)/C(C=O)=C1\C=CC(Oc2ccc(F)cc2F)=NN1C=N. The molecule has 0 saturated carbocycles. The Bertz CT molecular complexity index is 937. The smallest absolute Gasteiger partial charge is 0.237 e. The van der Waals surface area contributed by atoms with Crippen molar-refractivity contribution in [1.29, 1.82) is 5.41 Å². The first kappa shape index (κ1) is 21.5. The Hall–Kier alpha value is -2.77.